The van der Waals surface area contributed by atoms with Crippen molar-refractivity contribution in [2.24, 2.45) is 0 Å². The summed E-state index contributed by atoms with van der Waals surface area (Å²) in [6.45, 7) is 0.251. The zero-order chi connectivity index (χ0) is 24.2. The molecule has 0 fully saturated rings. The molecule has 1 atom stereocenters. The third-order valence-electron chi connectivity index (χ3n) is 5.07. The van der Waals surface area contributed by atoms with Crippen molar-refractivity contribution in [1.29, 1.82) is 0 Å². The van der Waals surface area contributed by atoms with Gasteiger partial charge in [-0.15, -0.1) is 0 Å². The molecule has 0 aliphatic heterocycles. The van der Waals surface area contributed by atoms with Gasteiger partial charge in [0.2, 0.25) is 14.9 Å². The number of nitrogens with zero attached hydrogens (tertiary/aromatic N) is 1. The number of sulfone groups is 1. The van der Waals surface area contributed by atoms with Crippen molar-refractivity contribution in [2.75, 3.05) is 34.9 Å². The molecule has 3 aromatic rings. The minimum absolute atomic E-state index is 0.0225. The molecule has 10 heteroatoms. The number of furan rings is 1. The summed E-state index contributed by atoms with van der Waals surface area (Å²) in [6, 6.07) is 13.7. The van der Waals surface area contributed by atoms with Gasteiger partial charge in [-0.05, 0) is 68.2 Å². The Balaban J connectivity index is 1.75. The molecule has 1 aromatic heterocycles. The Morgan fingerprint density at radius 1 is 1.03 bits per heavy atom. The number of carbonyl (C=O) groups excluding carboxylic acids is 1. The fraction of sp³-hybridized carbons (Fsp3) is 0.261. The Morgan fingerprint density at radius 2 is 1.70 bits per heavy atom. The molecule has 0 spiro atoms. The summed E-state index contributed by atoms with van der Waals surface area (Å²) in [5, 5.41) is 2.89. The van der Waals surface area contributed by atoms with Crippen LogP contribution in [-0.4, -0.2) is 54.1 Å². The van der Waals surface area contributed by atoms with Gasteiger partial charge < -0.3 is 24.1 Å². The van der Waals surface area contributed by atoms with E-state index in [2.05, 4.69) is 5.32 Å². The number of benzene rings is 2. The van der Waals surface area contributed by atoms with Gasteiger partial charge in [0.05, 0.1) is 25.2 Å². The number of likely N-dealkylation sites (N-methyl/N-ethyl adjacent to an activating group) is 1. The van der Waals surface area contributed by atoms with Crippen molar-refractivity contribution in [1.82, 2.24) is 10.2 Å². The number of amides is 1. The Kier molecular flexibility index (Phi) is 7.68. The van der Waals surface area contributed by atoms with Gasteiger partial charge in [-0.3, -0.25) is 4.79 Å². The average Bonchev–Trinajstić information content (AvgIpc) is 3.30. The van der Waals surface area contributed by atoms with Crippen molar-refractivity contribution < 1.29 is 27.1 Å². The van der Waals surface area contributed by atoms with E-state index in [0.29, 0.717) is 16.5 Å². The van der Waals surface area contributed by atoms with Gasteiger partial charge in [-0.2, -0.15) is 0 Å². The third kappa shape index (κ3) is 5.50. The standard InChI is InChI=1S/C23H25ClN2O6S/c1-26(2)18(15-5-10-19(30-3)21(13-15)31-4)14-25-23(27)20-11-12-22(32-20)33(28,29)17-8-6-16(24)7-9-17/h5-13,18H,14H2,1-4H3,(H,25,27). The van der Waals surface area contributed by atoms with Crippen molar-refractivity contribution >= 4 is 27.3 Å². The van der Waals surface area contributed by atoms with E-state index in [1.165, 1.54) is 36.4 Å². The summed E-state index contributed by atoms with van der Waals surface area (Å²) in [5.41, 5.74) is 0.906. The zero-order valence-electron chi connectivity index (χ0n) is 18.7. The Bertz CT molecular complexity index is 1220. The van der Waals surface area contributed by atoms with Crippen LogP contribution in [0.3, 0.4) is 0 Å². The topological polar surface area (TPSA) is 98.1 Å². The van der Waals surface area contributed by atoms with E-state index in [1.54, 1.807) is 20.3 Å². The van der Waals surface area contributed by atoms with Crippen LogP contribution in [0.15, 0.2) is 69.0 Å². The van der Waals surface area contributed by atoms with E-state index in [0.717, 1.165) is 5.56 Å². The summed E-state index contributed by atoms with van der Waals surface area (Å²) in [7, 11) is 2.98. The minimum atomic E-state index is -3.91. The molecular formula is C23H25ClN2O6S. The molecule has 0 saturated carbocycles. The lowest BCUT2D eigenvalue weighted by molar-refractivity contribution is 0.0908. The summed E-state index contributed by atoms with van der Waals surface area (Å²) in [6.07, 6.45) is 0. The second-order valence-corrected chi connectivity index (χ2v) is 9.70. The molecule has 0 saturated heterocycles. The molecule has 176 valence electrons. The molecule has 0 aliphatic rings. The number of nitrogens with one attached hydrogen (secondary N) is 1. The lowest BCUT2D eigenvalue weighted by Gasteiger charge is -2.25. The molecule has 8 nitrogen and oxygen atoms in total. The quantitative estimate of drug-likeness (QED) is 0.485. The van der Waals surface area contributed by atoms with Crippen LogP contribution < -0.4 is 14.8 Å². The van der Waals surface area contributed by atoms with Crippen molar-refractivity contribution in [2.45, 2.75) is 16.0 Å². The van der Waals surface area contributed by atoms with Crippen LogP contribution in [0.5, 0.6) is 11.5 Å². The maximum atomic E-state index is 12.7. The highest BCUT2D eigenvalue weighted by Gasteiger charge is 2.24. The fourth-order valence-electron chi connectivity index (χ4n) is 3.25. The smallest absolute Gasteiger partial charge is 0.287 e. The molecule has 1 N–H and O–H groups in total. The van der Waals surface area contributed by atoms with Crippen LogP contribution in [0.1, 0.15) is 22.2 Å². The third-order valence-corrected chi connectivity index (χ3v) is 6.96. The molecule has 33 heavy (non-hydrogen) atoms. The SMILES string of the molecule is COc1ccc(C(CNC(=O)c2ccc(S(=O)(=O)c3ccc(Cl)cc3)o2)N(C)C)cc1OC. The number of halogens is 1. The summed E-state index contributed by atoms with van der Waals surface area (Å²) >= 11 is 5.82. The highest BCUT2D eigenvalue weighted by atomic mass is 35.5. The number of hydrogen-bond donors (Lipinski definition) is 1. The molecule has 1 heterocycles. The second kappa shape index (κ2) is 10.3. The van der Waals surface area contributed by atoms with E-state index < -0.39 is 15.7 Å². The van der Waals surface area contributed by atoms with E-state index >= 15 is 0 Å². The van der Waals surface area contributed by atoms with Crippen molar-refractivity contribution in [3.63, 3.8) is 0 Å². The average molecular weight is 493 g/mol. The molecule has 0 aliphatic carbocycles. The van der Waals surface area contributed by atoms with Gasteiger partial charge in [-0.1, -0.05) is 17.7 Å². The first-order valence-electron chi connectivity index (χ1n) is 9.94. The normalized spacial score (nSPS) is 12.4. The van der Waals surface area contributed by atoms with Gasteiger partial charge in [-0.25, -0.2) is 8.42 Å². The predicted molar refractivity (Wildman–Crippen MR) is 124 cm³/mol. The zero-order valence-corrected chi connectivity index (χ0v) is 20.2. The Morgan fingerprint density at radius 3 is 2.30 bits per heavy atom. The van der Waals surface area contributed by atoms with Crippen LogP contribution in [0.25, 0.3) is 0 Å². The van der Waals surface area contributed by atoms with Gasteiger partial charge in [0.25, 0.3) is 5.91 Å². The summed E-state index contributed by atoms with van der Waals surface area (Å²) in [5.74, 6) is 0.552. The van der Waals surface area contributed by atoms with Crippen LogP contribution in [0.2, 0.25) is 5.02 Å². The fourth-order valence-corrected chi connectivity index (χ4v) is 4.55. The predicted octanol–water partition coefficient (Wildman–Crippen LogP) is 3.82. The number of rotatable bonds is 9. The molecule has 1 amide bonds. The van der Waals surface area contributed by atoms with Crippen molar-refractivity contribution in [3.8, 4) is 11.5 Å². The van der Waals surface area contributed by atoms with E-state index in [9.17, 15) is 13.2 Å². The van der Waals surface area contributed by atoms with Gasteiger partial charge >= 0.3 is 0 Å². The summed E-state index contributed by atoms with van der Waals surface area (Å²) in [4.78, 5) is 14.6. The monoisotopic (exact) mass is 492 g/mol. The van der Waals surface area contributed by atoms with Gasteiger partial charge in [0.1, 0.15) is 0 Å². The van der Waals surface area contributed by atoms with Crippen LogP contribution in [-0.2, 0) is 9.84 Å². The van der Waals surface area contributed by atoms with E-state index in [-0.39, 0.29) is 28.3 Å². The van der Waals surface area contributed by atoms with E-state index in [1.807, 2.05) is 31.1 Å². The number of methoxy groups -OCH3 is 2. The minimum Gasteiger partial charge on any atom is -0.493 e. The lowest BCUT2D eigenvalue weighted by atomic mass is 10.0. The number of hydrogen-bond acceptors (Lipinski definition) is 7. The van der Waals surface area contributed by atoms with Crippen LogP contribution in [0.4, 0.5) is 0 Å². The Labute approximate surface area is 198 Å². The highest BCUT2D eigenvalue weighted by molar-refractivity contribution is 7.91. The number of ether oxygens (including phenoxy) is 2. The molecular weight excluding hydrogens is 468 g/mol. The molecule has 0 radical (unpaired) electrons. The Hall–Kier alpha value is -3.01. The first-order valence-corrected chi connectivity index (χ1v) is 11.8. The molecule has 3 rings (SSSR count). The second-order valence-electron chi connectivity index (χ2n) is 7.38. The molecule has 1 unspecified atom stereocenters. The summed E-state index contributed by atoms with van der Waals surface area (Å²) < 4.78 is 41.5. The van der Waals surface area contributed by atoms with Crippen LogP contribution in [0, 0.1) is 0 Å². The highest BCUT2D eigenvalue weighted by Crippen LogP contribution is 2.31. The maximum absolute atomic E-state index is 12.7. The maximum Gasteiger partial charge on any atom is 0.287 e. The largest absolute Gasteiger partial charge is 0.493 e. The van der Waals surface area contributed by atoms with Gasteiger partial charge in [0, 0.05) is 11.6 Å². The molecule has 0 bridgehead atoms. The van der Waals surface area contributed by atoms with Crippen molar-refractivity contribution in [3.05, 3.63) is 70.9 Å². The van der Waals surface area contributed by atoms with Crippen LogP contribution >= 0.6 is 11.6 Å². The lowest BCUT2D eigenvalue weighted by Crippen LogP contribution is -2.34. The first-order chi connectivity index (χ1) is 15.7. The molecule has 2 aromatic carbocycles. The van der Waals surface area contributed by atoms with Gasteiger partial charge in [0.15, 0.2) is 17.3 Å². The number of carbonyl (C=O) groups is 1. The first kappa shape index (κ1) is 24.6. The van der Waals surface area contributed by atoms with E-state index in [4.69, 9.17) is 25.5 Å².